The Morgan fingerprint density at radius 2 is 1.74 bits per heavy atom. The van der Waals surface area contributed by atoms with Crippen molar-refractivity contribution in [2.24, 2.45) is 0 Å². The van der Waals surface area contributed by atoms with Crippen LogP contribution in [0.1, 0.15) is 21.5 Å². The SMILES string of the molecule is Cc1ccccc1-n1nccc1-c1cc(C(=O)N(C)Cc2ccncc2)c(O)cc1O. The summed E-state index contributed by atoms with van der Waals surface area (Å²) >= 11 is 0. The standard InChI is InChI=1S/C24H22N4O3/c1-16-5-3-4-6-20(16)28-21(9-12-26-28)18-13-19(23(30)14-22(18)29)24(31)27(2)15-17-7-10-25-11-8-17/h3-14,29-30H,15H2,1-2H3. The highest BCUT2D eigenvalue weighted by atomic mass is 16.3. The molecular weight excluding hydrogens is 392 g/mol. The van der Waals surface area contributed by atoms with Crippen LogP contribution in [0.15, 0.2) is 73.2 Å². The lowest BCUT2D eigenvalue weighted by Gasteiger charge is -2.19. The second-order valence-corrected chi connectivity index (χ2v) is 7.32. The zero-order valence-electron chi connectivity index (χ0n) is 17.2. The van der Waals surface area contributed by atoms with Gasteiger partial charge in [-0.2, -0.15) is 5.10 Å². The number of hydrogen-bond acceptors (Lipinski definition) is 5. The molecule has 156 valence electrons. The minimum atomic E-state index is -0.363. The maximum Gasteiger partial charge on any atom is 0.257 e. The molecule has 7 nitrogen and oxygen atoms in total. The van der Waals surface area contributed by atoms with Gasteiger partial charge in [-0.3, -0.25) is 9.78 Å². The fourth-order valence-corrected chi connectivity index (χ4v) is 3.49. The number of aryl methyl sites for hydroxylation is 1. The maximum absolute atomic E-state index is 13.1. The number of para-hydroxylation sites is 1. The minimum Gasteiger partial charge on any atom is -0.507 e. The molecule has 0 bridgehead atoms. The number of rotatable bonds is 5. The summed E-state index contributed by atoms with van der Waals surface area (Å²) in [5.74, 6) is -0.784. The van der Waals surface area contributed by atoms with Crippen LogP contribution in [0.4, 0.5) is 0 Å². The molecule has 0 aliphatic rings. The molecule has 2 N–H and O–H groups in total. The topological polar surface area (TPSA) is 91.5 Å². The van der Waals surface area contributed by atoms with Crippen LogP contribution in [0.2, 0.25) is 0 Å². The molecule has 0 unspecified atom stereocenters. The number of carbonyl (C=O) groups excluding carboxylic acids is 1. The Labute approximate surface area is 179 Å². The molecule has 0 radical (unpaired) electrons. The zero-order chi connectivity index (χ0) is 22.0. The van der Waals surface area contributed by atoms with Gasteiger partial charge in [0.15, 0.2) is 0 Å². The summed E-state index contributed by atoms with van der Waals surface area (Å²) < 4.78 is 1.70. The molecule has 4 rings (SSSR count). The van der Waals surface area contributed by atoms with E-state index in [9.17, 15) is 15.0 Å². The van der Waals surface area contributed by atoms with Crippen molar-refractivity contribution in [3.05, 3.63) is 89.9 Å². The Morgan fingerprint density at radius 3 is 2.48 bits per heavy atom. The third-order valence-corrected chi connectivity index (χ3v) is 5.12. The van der Waals surface area contributed by atoms with Crippen molar-refractivity contribution in [2.75, 3.05) is 7.05 Å². The number of phenols is 2. The molecule has 0 spiro atoms. The largest absolute Gasteiger partial charge is 0.507 e. The van der Waals surface area contributed by atoms with E-state index in [4.69, 9.17) is 0 Å². The summed E-state index contributed by atoms with van der Waals surface area (Å²) in [6.45, 7) is 2.33. The van der Waals surface area contributed by atoms with Gasteiger partial charge in [0, 0.05) is 37.6 Å². The lowest BCUT2D eigenvalue weighted by Crippen LogP contribution is -2.26. The van der Waals surface area contributed by atoms with Crippen LogP contribution in [-0.4, -0.2) is 42.8 Å². The van der Waals surface area contributed by atoms with Crippen LogP contribution >= 0.6 is 0 Å². The highest BCUT2D eigenvalue weighted by molar-refractivity contribution is 5.98. The van der Waals surface area contributed by atoms with Gasteiger partial charge in [-0.1, -0.05) is 18.2 Å². The Hall–Kier alpha value is -4.13. The van der Waals surface area contributed by atoms with E-state index in [-0.39, 0.29) is 23.0 Å². The lowest BCUT2D eigenvalue weighted by atomic mass is 10.0. The average Bonchev–Trinajstić information content (AvgIpc) is 3.23. The normalized spacial score (nSPS) is 10.8. The molecular formula is C24H22N4O3. The number of pyridine rings is 1. The summed E-state index contributed by atoms with van der Waals surface area (Å²) in [7, 11) is 1.66. The highest BCUT2D eigenvalue weighted by Crippen LogP contribution is 2.36. The van der Waals surface area contributed by atoms with E-state index in [1.165, 1.54) is 17.0 Å². The number of benzene rings is 2. The van der Waals surface area contributed by atoms with Gasteiger partial charge in [-0.15, -0.1) is 0 Å². The van der Waals surface area contributed by atoms with Gasteiger partial charge in [0.05, 0.1) is 23.1 Å². The van der Waals surface area contributed by atoms with Crippen LogP contribution < -0.4 is 0 Å². The third kappa shape index (κ3) is 3.98. The average molecular weight is 414 g/mol. The van der Waals surface area contributed by atoms with Crippen molar-refractivity contribution in [1.82, 2.24) is 19.7 Å². The van der Waals surface area contributed by atoms with Crippen molar-refractivity contribution in [1.29, 1.82) is 0 Å². The predicted octanol–water partition coefficient (Wildman–Crippen LogP) is 3.93. The van der Waals surface area contributed by atoms with Crippen molar-refractivity contribution in [3.8, 4) is 28.4 Å². The van der Waals surface area contributed by atoms with Gasteiger partial charge in [-0.25, -0.2) is 4.68 Å². The van der Waals surface area contributed by atoms with Gasteiger partial charge in [0.2, 0.25) is 0 Å². The molecule has 0 atom stereocenters. The highest BCUT2D eigenvalue weighted by Gasteiger charge is 2.21. The van der Waals surface area contributed by atoms with Crippen molar-refractivity contribution < 1.29 is 15.0 Å². The Bertz CT molecular complexity index is 1230. The van der Waals surface area contributed by atoms with E-state index in [0.29, 0.717) is 17.8 Å². The fourth-order valence-electron chi connectivity index (χ4n) is 3.49. The van der Waals surface area contributed by atoms with E-state index < -0.39 is 0 Å². The molecule has 0 fully saturated rings. The summed E-state index contributed by atoms with van der Waals surface area (Å²) in [5, 5.41) is 25.3. The number of nitrogens with zero attached hydrogens (tertiary/aromatic N) is 4. The van der Waals surface area contributed by atoms with E-state index in [2.05, 4.69) is 10.1 Å². The van der Waals surface area contributed by atoms with Crippen LogP contribution in [-0.2, 0) is 6.54 Å². The molecule has 1 amide bonds. The lowest BCUT2D eigenvalue weighted by molar-refractivity contribution is 0.0782. The molecule has 4 aromatic rings. The van der Waals surface area contributed by atoms with Gasteiger partial charge in [-0.05, 0) is 48.4 Å². The summed E-state index contributed by atoms with van der Waals surface area (Å²) in [6, 6.07) is 15.9. The third-order valence-electron chi connectivity index (χ3n) is 5.12. The molecule has 7 heteroatoms. The molecule has 0 saturated heterocycles. The van der Waals surface area contributed by atoms with Crippen molar-refractivity contribution >= 4 is 5.91 Å². The second kappa shape index (κ2) is 8.31. The van der Waals surface area contributed by atoms with Gasteiger partial charge in [0.1, 0.15) is 11.5 Å². The first kappa shape index (κ1) is 20.2. The Balaban J connectivity index is 1.72. The summed E-state index contributed by atoms with van der Waals surface area (Å²) in [4.78, 5) is 18.5. The molecule has 2 aromatic heterocycles. The summed E-state index contributed by atoms with van der Waals surface area (Å²) in [6.07, 6.45) is 4.96. The first-order valence-corrected chi connectivity index (χ1v) is 9.76. The van der Waals surface area contributed by atoms with E-state index in [1.54, 1.807) is 36.4 Å². The molecule has 0 aliphatic carbocycles. The molecule has 0 aliphatic heterocycles. The predicted molar refractivity (Wildman–Crippen MR) is 117 cm³/mol. The van der Waals surface area contributed by atoms with E-state index >= 15 is 0 Å². The Kier molecular flexibility index (Phi) is 5.41. The number of hydrogen-bond donors (Lipinski definition) is 2. The van der Waals surface area contributed by atoms with Crippen LogP contribution in [0.5, 0.6) is 11.5 Å². The quantitative estimate of drug-likeness (QED) is 0.516. The first-order valence-electron chi connectivity index (χ1n) is 9.76. The molecule has 2 heterocycles. The Morgan fingerprint density at radius 1 is 1.00 bits per heavy atom. The minimum absolute atomic E-state index is 0.0990. The molecule has 31 heavy (non-hydrogen) atoms. The smallest absolute Gasteiger partial charge is 0.257 e. The molecule has 2 aromatic carbocycles. The first-order chi connectivity index (χ1) is 15.0. The van der Waals surface area contributed by atoms with Crippen molar-refractivity contribution in [2.45, 2.75) is 13.5 Å². The van der Waals surface area contributed by atoms with Crippen LogP contribution in [0.3, 0.4) is 0 Å². The van der Waals surface area contributed by atoms with Gasteiger partial charge < -0.3 is 15.1 Å². The van der Waals surface area contributed by atoms with E-state index in [1.807, 2.05) is 43.3 Å². The van der Waals surface area contributed by atoms with Gasteiger partial charge in [0.25, 0.3) is 5.91 Å². The van der Waals surface area contributed by atoms with Gasteiger partial charge >= 0.3 is 0 Å². The number of aromatic hydroxyl groups is 2. The number of carbonyl (C=O) groups is 1. The van der Waals surface area contributed by atoms with Crippen LogP contribution in [0.25, 0.3) is 16.9 Å². The molecule has 0 saturated carbocycles. The number of amides is 1. The second-order valence-electron chi connectivity index (χ2n) is 7.32. The summed E-state index contributed by atoms with van der Waals surface area (Å²) in [5.41, 5.74) is 3.90. The number of aromatic nitrogens is 3. The van der Waals surface area contributed by atoms with Crippen LogP contribution in [0, 0.1) is 6.92 Å². The fraction of sp³-hybridized carbons (Fsp3) is 0.125. The van der Waals surface area contributed by atoms with E-state index in [0.717, 1.165) is 16.8 Å². The number of phenolic OH excluding ortho intramolecular Hbond substituents is 2. The maximum atomic E-state index is 13.1. The monoisotopic (exact) mass is 414 g/mol. The van der Waals surface area contributed by atoms with Crippen molar-refractivity contribution in [3.63, 3.8) is 0 Å². The zero-order valence-corrected chi connectivity index (χ0v) is 17.2.